The molecule has 0 unspecified atom stereocenters. The number of esters is 1. The van der Waals surface area contributed by atoms with Gasteiger partial charge in [-0.25, -0.2) is 4.79 Å². The highest BCUT2D eigenvalue weighted by Crippen LogP contribution is 2.23. The Hall–Kier alpha value is -1.88. The van der Waals surface area contributed by atoms with Crippen molar-refractivity contribution >= 4 is 11.9 Å². The summed E-state index contributed by atoms with van der Waals surface area (Å²) >= 11 is 0. The first kappa shape index (κ1) is 19.4. The van der Waals surface area contributed by atoms with E-state index in [9.17, 15) is 9.59 Å². The minimum Gasteiger partial charge on any atom is -0.452 e. The number of nitrogens with one attached hydrogen (secondary N) is 1. The van der Waals surface area contributed by atoms with Crippen LogP contribution >= 0.6 is 0 Å². The molecule has 0 radical (unpaired) electrons. The van der Waals surface area contributed by atoms with Crippen molar-refractivity contribution in [3.8, 4) is 0 Å². The SMILES string of the molecule is CC1CCC(NC(=O)COC(=O)c2ccc(COC(C)C)cc2)CC1. The van der Waals surface area contributed by atoms with Crippen molar-refractivity contribution in [3.05, 3.63) is 35.4 Å². The van der Waals surface area contributed by atoms with Gasteiger partial charge in [0.05, 0.1) is 18.3 Å². The maximum Gasteiger partial charge on any atom is 0.338 e. The summed E-state index contributed by atoms with van der Waals surface area (Å²) in [5.41, 5.74) is 1.43. The van der Waals surface area contributed by atoms with E-state index in [1.165, 1.54) is 0 Å². The second-order valence-electron chi connectivity index (χ2n) is 7.16. The van der Waals surface area contributed by atoms with Crippen LogP contribution in [-0.4, -0.2) is 30.6 Å². The van der Waals surface area contributed by atoms with Gasteiger partial charge in [-0.05, 0) is 63.1 Å². The molecule has 1 amide bonds. The van der Waals surface area contributed by atoms with Crippen LogP contribution in [0.4, 0.5) is 0 Å². The van der Waals surface area contributed by atoms with Crippen LogP contribution in [0, 0.1) is 5.92 Å². The van der Waals surface area contributed by atoms with E-state index in [0.717, 1.165) is 37.2 Å². The fraction of sp³-hybridized carbons (Fsp3) is 0.600. The average Bonchev–Trinajstić information content (AvgIpc) is 2.60. The Labute approximate surface area is 150 Å². The molecule has 2 rings (SSSR count). The Morgan fingerprint density at radius 2 is 1.76 bits per heavy atom. The van der Waals surface area contributed by atoms with E-state index < -0.39 is 5.97 Å². The summed E-state index contributed by atoms with van der Waals surface area (Å²) in [7, 11) is 0. The molecule has 5 heteroatoms. The number of carbonyl (C=O) groups excluding carboxylic acids is 2. The normalized spacial score (nSPS) is 20.3. The number of benzene rings is 1. The molecule has 1 saturated carbocycles. The van der Waals surface area contributed by atoms with Crippen LogP contribution in [0.3, 0.4) is 0 Å². The number of carbonyl (C=O) groups is 2. The molecule has 0 aliphatic heterocycles. The Kier molecular flexibility index (Phi) is 7.44. The van der Waals surface area contributed by atoms with Gasteiger partial charge in [-0.2, -0.15) is 0 Å². The topological polar surface area (TPSA) is 64.6 Å². The Morgan fingerprint density at radius 1 is 1.12 bits per heavy atom. The van der Waals surface area contributed by atoms with E-state index in [4.69, 9.17) is 9.47 Å². The van der Waals surface area contributed by atoms with Crippen molar-refractivity contribution in [2.45, 2.75) is 65.2 Å². The molecule has 0 heterocycles. The lowest BCUT2D eigenvalue weighted by atomic mass is 9.87. The molecule has 0 spiro atoms. The highest BCUT2D eigenvalue weighted by atomic mass is 16.5. The number of ether oxygens (including phenoxy) is 2. The van der Waals surface area contributed by atoms with Crippen LogP contribution in [0.5, 0.6) is 0 Å². The summed E-state index contributed by atoms with van der Waals surface area (Å²) in [5.74, 6) is 0.0264. The number of hydrogen-bond donors (Lipinski definition) is 1. The molecule has 0 atom stereocenters. The lowest BCUT2D eigenvalue weighted by Crippen LogP contribution is -2.39. The number of amides is 1. The summed E-state index contributed by atoms with van der Waals surface area (Å²) < 4.78 is 10.6. The molecule has 1 aliphatic carbocycles. The first-order chi connectivity index (χ1) is 11.9. The predicted molar refractivity (Wildman–Crippen MR) is 96.2 cm³/mol. The van der Waals surface area contributed by atoms with Gasteiger partial charge < -0.3 is 14.8 Å². The first-order valence-electron chi connectivity index (χ1n) is 9.11. The first-order valence-corrected chi connectivity index (χ1v) is 9.11. The molecule has 25 heavy (non-hydrogen) atoms. The lowest BCUT2D eigenvalue weighted by Gasteiger charge is -2.26. The minimum absolute atomic E-state index is 0.163. The van der Waals surface area contributed by atoms with Crippen molar-refractivity contribution in [2.24, 2.45) is 5.92 Å². The van der Waals surface area contributed by atoms with Crippen LogP contribution in [0.1, 0.15) is 62.4 Å². The van der Waals surface area contributed by atoms with Gasteiger partial charge >= 0.3 is 5.97 Å². The average molecular weight is 347 g/mol. The largest absolute Gasteiger partial charge is 0.452 e. The molecule has 0 saturated heterocycles. The Morgan fingerprint density at radius 3 is 2.36 bits per heavy atom. The third-order valence-corrected chi connectivity index (χ3v) is 4.49. The van der Waals surface area contributed by atoms with E-state index in [1.807, 2.05) is 26.0 Å². The van der Waals surface area contributed by atoms with E-state index in [1.54, 1.807) is 12.1 Å². The number of rotatable bonds is 7. The summed E-state index contributed by atoms with van der Waals surface area (Å²) in [6, 6.07) is 7.27. The van der Waals surface area contributed by atoms with Crippen molar-refractivity contribution < 1.29 is 19.1 Å². The maximum absolute atomic E-state index is 12.0. The molecule has 1 fully saturated rings. The van der Waals surface area contributed by atoms with Crippen LogP contribution in [0.25, 0.3) is 0 Å². The lowest BCUT2D eigenvalue weighted by molar-refractivity contribution is -0.125. The summed E-state index contributed by atoms with van der Waals surface area (Å²) in [6.07, 6.45) is 4.44. The highest BCUT2D eigenvalue weighted by molar-refractivity contribution is 5.91. The fourth-order valence-electron chi connectivity index (χ4n) is 2.89. The van der Waals surface area contributed by atoms with Gasteiger partial charge in [0.2, 0.25) is 0 Å². The Balaban J connectivity index is 1.73. The van der Waals surface area contributed by atoms with Crippen molar-refractivity contribution in [1.29, 1.82) is 0 Å². The van der Waals surface area contributed by atoms with Crippen molar-refractivity contribution in [2.75, 3.05) is 6.61 Å². The zero-order valence-corrected chi connectivity index (χ0v) is 15.4. The van der Waals surface area contributed by atoms with E-state index >= 15 is 0 Å². The van der Waals surface area contributed by atoms with Crippen LogP contribution in [-0.2, 0) is 20.9 Å². The van der Waals surface area contributed by atoms with E-state index in [2.05, 4.69) is 12.2 Å². The van der Waals surface area contributed by atoms with E-state index in [-0.39, 0.29) is 24.7 Å². The highest BCUT2D eigenvalue weighted by Gasteiger charge is 2.20. The maximum atomic E-state index is 12.0. The summed E-state index contributed by atoms with van der Waals surface area (Å²) in [4.78, 5) is 24.0. The molecule has 1 aromatic rings. The third-order valence-electron chi connectivity index (χ3n) is 4.49. The molecule has 0 bridgehead atoms. The monoisotopic (exact) mass is 347 g/mol. The molecular weight excluding hydrogens is 318 g/mol. The molecule has 1 aromatic carbocycles. The zero-order valence-electron chi connectivity index (χ0n) is 15.4. The zero-order chi connectivity index (χ0) is 18.2. The van der Waals surface area contributed by atoms with Gasteiger partial charge in [-0.3, -0.25) is 4.79 Å². The standard InChI is InChI=1S/C20H29NO4/c1-14(2)24-12-16-6-8-17(9-7-16)20(23)25-13-19(22)21-18-10-4-15(3)5-11-18/h6-9,14-15,18H,4-5,10-13H2,1-3H3,(H,21,22). The van der Waals surface area contributed by atoms with Crippen LogP contribution in [0.2, 0.25) is 0 Å². The second-order valence-corrected chi connectivity index (χ2v) is 7.16. The Bertz CT molecular complexity index is 560. The minimum atomic E-state index is -0.483. The van der Waals surface area contributed by atoms with Gasteiger partial charge in [0.25, 0.3) is 5.91 Å². The summed E-state index contributed by atoms with van der Waals surface area (Å²) in [5, 5.41) is 2.95. The second kappa shape index (κ2) is 9.56. The molecule has 0 aromatic heterocycles. The van der Waals surface area contributed by atoms with Crippen LogP contribution in [0.15, 0.2) is 24.3 Å². The predicted octanol–water partition coefficient (Wildman–Crippen LogP) is 3.46. The van der Waals surface area contributed by atoms with Gasteiger partial charge in [0, 0.05) is 6.04 Å². The van der Waals surface area contributed by atoms with Gasteiger partial charge in [-0.15, -0.1) is 0 Å². The van der Waals surface area contributed by atoms with Gasteiger partial charge in [0.15, 0.2) is 6.61 Å². The van der Waals surface area contributed by atoms with E-state index in [0.29, 0.717) is 12.2 Å². The summed E-state index contributed by atoms with van der Waals surface area (Å²) in [6.45, 7) is 6.47. The molecule has 1 N–H and O–H groups in total. The molecule has 138 valence electrons. The van der Waals surface area contributed by atoms with Gasteiger partial charge in [-0.1, -0.05) is 19.1 Å². The molecule has 5 nitrogen and oxygen atoms in total. The quantitative estimate of drug-likeness (QED) is 0.767. The third kappa shape index (κ3) is 6.86. The van der Waals surface area contributed by atoms with Crippen LogP contribution < -0.4 is 5.32 Å². The number of hydrogen-bond acceptors (Lipinski definition) is 4. The van der Waals surface area contributed by atoms with Gasteiger partial charge in [0.1, 0.15) is 0 Å². The van der Waals surface area contributed by atoms with Crippen molar-refractivity contribution in [3.63, 3.8) is 0 Å². The molecule has 1 aliphatic rings. The van der Waals surface area contributed by atoms with Crippen molar-refractivity contribution in [1.82, 2.24) is 5.32 Å². The fourth-order valence-corrected chi connectivity index (χ4v) is 2.89. The smallest absolute Gasteiger partial charge is 0.338 e. The molecular formula is C20H29NO4.